The number of fused-ring (bicyclic) bond motifs is 1. The van der Waals surface area contributed by atoms with E-state index in [-0.39, 0.29) is 31.2 Å². The van der Waals surface area contributed by atoms with Crippen molar-refractivity contribution in [2.75, 3.05) is 36.9 Å². The Morgan fingerprint density at radius 3 is 2.68 bits per heavy atom. The van der Waals surface area contributed by atoms with E-state index in [1.54, 1.807) is 6.20 Å². The van der Waals surface area contributed by atoms with E-state index < -0.39 is 11.4 Å². The average Bonchev–Trinajstić information content (AvgIpc) is 2.84. The van der Waals surface area contributed by atoms with Gasteiger partial charge in [-0.25, -0.2) is 4.98 Å². The topological polar surface area (TPSA) is 95.5 Å². The molecule has 1 aromatic heterocycles. The van der Waals surface area contributed by atoms with E-state index in [1.165, 1.54) is 5.56 Å². The molecule has 3 atom stereocenters. The summed E-state index contributed by atoms with van der Waals surface area (Å²) >= 11 is 0. The normalized spacial score (nSPS) is 20.1. The molecule has 3 aromatic rings. The zero-order valence-electron chi connectivity index (χ0n) is 19.2. The van der Waals surface area contributed by atoms with Gasteiger partial charge < -0.3 is 25.8 Å². The van der Waals surface area contributed by atoms with Crippen LogP contribution in [0.15, 0.2) is 72.9 Å². The Bertz CT molecular complexity index is 1150. The number of hydrogen-bond acceptors (Lipinski definition) is 6. The second-order valence-electron chi connectivity index (χ2n) is 9.23. The molecule has 34 heavy (non-hydrogen) atoms. The summed E-state index contributed by atoms with van der Waals surface area (Å²) in [5, 5.41) is 20.6. The van der Waals surface area contributed by atoms with Crippen molar-refractivity contribution >= 4 is 17.5 Å². The number of ether oxygens (including phenoxy) is 1. The van der Waals surface area contributed by atoms with E-state index in [9.17, 15) is 9.90 Å². The maximum absolute atomic E-state index is 11.9. The molecule has 0 amide bonds. The first-order valence-electron chi connectivity index (χ1n) is 11.7. The summed E-state index contributed by atoms with van der Waals surface area (Å²) in [7, 11) is 0. The molecular weight excluding hydrogens is 428 g/mol. The molecule has 2 aliphatic heterocycles. The number of aliphatic carboxylic acids is 1. The van der Waals surface area contributed by atoms with Gasteiger partial charge in [0.25, 0.3) is 0 Å². The molecule has 2 aromatic carbocycles. The van der Waals surface area contributed by atoms with Gasteiger partial charge in [-0.15, -0.1) is 0 Å². The van der Waals surface area contributed by atoms with Crippen LogP contribution in [0, 0.1) is 0 Å². The number of hydrogen-bond donors (Lipinski definition) is 4. The predicted octanol–water partition coefficient (Wildman–Crippen LogP) is 3.77. The highest BCUT2D eigenvalue weighted by atomic mass is 16.5. The van der Waals surface area contributed by atoms with Crippen molar-refractivity contribution in [2.45, 2.75) is 30.3 Å². The van der Waals surface area contributed by atoms with Crippen molar-refractivity contribution in [3.05, 3.63) is 89.6 Å². The van der Waals surface area contributed by atoms with Crippen molar-refractivity contribution in [1.82, 2.24) is 10.3 Å². The number of pyridine rings is 1. The third kappa shape index (κ3) is 4.24. The third-order valence-corrected chi connectivity index (χ3v) is 6.96. The van der Waals surface area contributed by atoms with Crippen molar-refractivity contribution in [1.29, 1.82) is 0 Å². The van der Waals surface area contributed by atoms with E-state index in [0.29, 0.717) is 0 Å². The molecule has 2 aliphatic rings. The maximum Gasteiger partial charge on any atom is 0.318 e. The van der Waals surface area contributed by atoms with Crippen molar-refractivity contribution in [3.8, 4) is 0 Å². The van der Waals surface area contributed by atoms with Crippen molar-refractivity contribution < 1.29 is 14.6 Å². The van der Waals surface area contributed by atoms with Gasteiger partial charge in [0.1, 0.15) is 11.2 Å². The fourth-order valence-corrected chi connectivity index (χ4v) is 4.75. The predicted molar refractivity (Wildman–Crippen MR) is 132 cm³/mol. The number of carboxylic acids is 1. The largest absolute Gasteiger partial charge is 0.480 e. The number of benzene rings is 2. The van der Waals surface area contributed by atoms with E-state index in [2.05, 4.69) is 58.2 Å². The number of rotatable bonds is 8. The molecule has 0 aliphatic carbocycles. The molecule has 7 heteroatoms. The molecule has 0 spiro atoms. The number of carbonyl (C=O) groups is 1. The summed E-state index contributed by atoms with van der Waals surface area (Å²) in [5.41, 5.74) is 3.23. The van der Waals surface area contributed by atoms with Crippen LogP contribution in [0.4, 0.5) is 11.5 Å². The Morgan fingerprint density at radius 2 is 1.94 bits per heavy atom. The second-order valence-corrected chi connectivity index (χ2v) is 9.23. The summed E-state index contributed by atoms with van der Waals surface area (Å²) in [4.78, 5) is 16.4. The van der Waals surface area contributed by atoms with Gasteiger partial charge in [0, 0.05) is 19.3 Å². The van der Waals surface area contributed by atoms with E-state index in [4.69, 9.17) is 4.74 Å². The first kappa shape index (κ1) is 22.4. The van der Waals surface area contributed by atoms with Crippen LogP contribution >= 0.6 is 0 Å². The van der Waals surface area contributed by atoms with E-state index >= 15 is 0 Å². The maximum atomic E-state index is 11.9. The first-order valence-corrected chi connectivity index (χ1v) is 11.7. The number of nitrogens with one attached hydrogen (secondary N) is 3. The Balaban J connectivity index is 1.33. The van der Waals surface area contributed by atoms with Crippen LogP contribution in [0.3, 0.4) is 0 Å². The molecule has 1 fully saturated rings. The molecule has 5 rings (SSSR count). The number of carboxylic acid groups (broad SMARTS) is 1. The molecule has 1 saturated heterocycles. The molecule has 176 valence electrons. The Kier molecular flexibility index (Phi) is 6.22. The average molecular weight is 459 g/mol. The number of aromatic nitrogens is 1. The van der Waals surface area contributed by atoms with E-state index in [0.717, 1.165) is 35.7 Å². The van der Waals surface area contributed by atoms with Gasteiger partial charge in [-0.05, 0) is 34.7 Å². The molecule has 3 heterocycles. The molecule has 0 bridgehead atoms. The number of nitrogens with zero attached hydrogens (tertiary/aromatic N) is 1. The quantitative estimate of drug-likeness (QED) is 0.408. The van der Waals surface area contributed by atoms with Gasteiger partial charge in [-0.1, -0.05) is 61.5 Å². The SMILES string of the molecule is C[C@@H](CN[C@H](c1ccccc1)[C@H]1CNc2cccnc2N1)c1cccc(C2(C(=O)O)COC2)c1. The standard InChI is InChI=1S/C27H30N4O3/c1-18(20-9-5-10-21(13-20)27(26(32)33)16-34-17-27)14-30-24(19-7-3-2-4-8-19)23-15-29-22-11-6-12-28-25(22)31-23/h2-13,18,23-24,29-30H,14-17H2,1H3,(H,28,31)(H,32,33)/t18-,23+,24+/m0/s1. The first-order chi connectivity index (χ1) is 16.6. The van der Waals surface area contributed by atoms with Gasteiger partial charge in [0.05, 0.1) is 31.0 Å². The molecular formula is C27H30N4O3. The van der Waals surface area contributed by atoms with Gasteiger partial charge in [0.15, 0.2) is 0 Å². The minimum absolute atomic E-state index is 0.0693. The summed E-state index contributed by atoms with van der Waals surface area (Å²) in [6.07, 6.45) is 1.80. The zero-order chi connectivity index (χ0) is 23.5. The monoisotopic (exact) mass is 458 g/mol. The summed E-state index contributed by atoms with van der Waals surface area (Å²) in [5.74, 6) is 0.236. The lowest BCUT2D eigenvalue weighted by Crippen LogP contribution is -2.53. The van der Waals surface area contributed by atoms with Crippen LogP contribution in [0.25, 0.3) is 0 Å². The van der Waals surface area contributed by atoms with Crippen LogP contribution in [0.2, 0.25) is 0 Å². The van der Waals surface area contributed by atoms with Crippen LogP contribution in [0.5, 0.6) is 0 Å². The van der Waals surface area contributed by atoms with Crippen LogP contribution in [-0.2, 0) is 14.9 Å². The Hall–Kier alpha value is -3.42. The second kappa shape index (κ2) is 9.44. The zero-order valence-corrected chi connectivity index (χ0v) is 19.2. The lowest BCUT2D eigenvalue weighted by Gasteiger charge is -2.38. The molecule has 0 saturated carbocycles. The third-order valence-electron chi connectivity index (χ3n) is 6.96. The minimum atomic E-state index is -0.923. The Labute approximate surface area is 199 Å². The highest BCUT2D eigenvalue weighted by Gasteiger charge is 2.48. The van der Waals surface area contributed by atoms with Gasteiger partial charge in [-0.3, -0.25) is 4.79 Å². The van der Waals surface area contributed by atoms with Crippen LogP contribution in [0.1, 0.15) is 35.6 Å². The summed E-state index contributed by atoms with van der Waals surface area (Å²) in [6, 6.07) is 22.5. The molecule has 0 unspecified atom stereocenters. The van der Waals surface area contributed by atoms with Crippen LogP contribution < -0.4 is 16.0 Å². The van der Waals surface area contributed by atoms with Gasteiger partial charge >= 0.3 is 5.97 Å². The highest BCUT2D eigenvalue weighted by molar-refractivity contribution is 5.83. The van der Waals surface area contributed by atoms with Crippen molar-refractivity contribution in [2.24, 2.45) is 0 Å². The fraction of sp³-hybridized carbons (Fsp3) is 0.333. The minimum Gasteiger partial charge on any atom is -0.480 e. The summed E-state index contributed by atoms with van der Waals surface area (Å²) in [6.45, 7) is 4.14. The van der Waals surface area contributed by atoms with Crippen LogP contribution in [-0.4, -0.2) is 48.4 Å². The lowest BCUT2D eigenvalue weighted by molar-refractivity contribution is -0.163. The highest BCUT2D eigenvalue weighted by Crippen LogP contribution is 2.34. The fourth-order valence-electron chi connectivity index (χ4n) is 4.75. The lowest BCUT2D eigenvalue weighted by atomic mass is 9.77. The smallest absolute Gasteiger partial charge is 0.318 e. The number of anilines is 2. The van der Waals surface area contributed by atoms with E-state index in [1.807, 2.05) is 36.4 Å². The molecule has 7 nitrogen and oxygen atoms in total. The molecule has 0 radical (unpaired) electrons. The van der Waals surface area contributed by atoms with Crippen molar-refractivity contribution in [3.63, 3.8) is 0 Å². The molecule has 4 N–H and O–H groups in total. The summed E-state index contributed by atoms with van der Waals surface area (Å²) < 4.78 is 5.26. The Morgan fingerprint density at radius 1 is 1.15 bits per heavy atom. The van der Waals surface area contributed by atoms with Gasteiger partial charge in [0.2, 0.25) is 0 Å². The van der Waals surface area contributed by atoms with Gasteiger partial charge in [-0.2, -0.15) is 0 Å².